The number of benzene rings is 1. The molecule has 3 aromatic rings. The molecule has 1 aliphatic rings. The maximum absolute atomic E-state index is 13.0. The quantitative estimate of drug-likeness (QED) is 0.491. The minimum Gasteiger partial charge on any atom is -0.493 e. The molecule has 194 valence electrons. The van der Waals surface area contributed by atoms with Gasteiger partial charge in [0.1, 0.15) is 5.60 Å². The van der Waals surface area contributed by atoms with E-state index in [4.69, 9.17) is 14.2 Å². The standard InChI is InChI=1S/C27H35N3O5S/c1-27(2,3)35-26(32)30-11-7-10-29(12-13-30)16-19-15-20-24(36-19)21(17-28(4)25(20)31)18-8-9-22(33-5)23(14-18)34-6/h8-9,14-15,17H,7,10-13,16H2,1-6H3. The number of aromatic nitrogens is 1. The number of amides is 1. The zero-order valence-electron chi connectivity index (χ0n) is 21.9. The molecule has 1 aliphatic heterocycles. The predicted octanol–water partition coefficient (Wildman–Crippen LogP) is 4.73. The average molecular weight is 514 g/mol. The molecule has 1 fully saturated rings. The first-order chi connectivity index (χ1) is 17.1. The van der Waals surface area contributed by atoms with Crippen molar-refractivity contribution in [3.8, 4) is 22.6 Å². The summed E-state index contributed by atoms with van der Waals surface area (Å²) in [6.45, 7) is 9.34. The van der Waals surface area contributed by atoms with Gasteiger partial charge in [-0.2, -0.15) is 0 Å². The van der Waals surface area contributed by atoms with Crippen molar-refractivity contribution in [3.05, 3.63) is 45.7 Å². The molecule has 2 aromatic heterocycles. The Bertz CT molecular complexity index is 1310. The Morgan fingerprint density at radius 3 is 2.47 bits per heavy atom. The van der Waals surface area contributed by atoms with Crippen LogP contribution in [0.2, 0.25) is 0 Å². The number of carbonyl (C=O) groups excluding carboxylic acids is 1. The fraction of sp³-hybridized carbons (Fsp3) is 0.481. The third kappa shape index (κ3) is 5.68. The minimum absolute atomic E-state index is 0.0105. The van der Waals surface area contributed by atoms with E-state index in [0.717, 1.165) is 52.1 Å². The summed E-state index contributed by atoms with van der Waals surface area (Å²) in [6, 6.07) is 7.83. The highest BCUT2D eigenvalue weighted by molar-refractivity contribution is 7.19. The number of aryl methyl sites for hydroxylation is 1. The molecule has 9 heteroatoms. The van der Waals surface area contributed by atoms with Crippen LogP contribution >= 0.6 is 11.3 Å². The second-order valence-electron chi connectivity index (χ2n) is 10.1. The van der Waals surface area contributed by atoms with Gasteiger partial charge in [0.05, 0.1) is 19.6 Å². The number of carbonyl (C=O) groups is 1. The summed E-state index contributed by atoms with van der Waals surface area (Å²) in [6.07, 6.45) is 2.51. The highest BCUT2D eigenvalue weighted by Crippen LogP contribution is 2.37. The Labute approximate surface area is 216 Å². The molecular weight excluding hydrogens is 478 g/mol. The van der Waals surface area contributed by atoms with Gasteiger partial charge in [0.25, 0.3) is 5.56 Å². The Morgan fingerprint density at radius 2 is 1.78 bits per heavy atom. The first kappa shape index (κ1) is 26.0. The van der Waals surface area contributed by atoms with Gasteiger partial charge in [-0.25, -0.2) is 4.79 Å². The van der Waals surface area contributed by atoms with Crippen LogP contribution in [0.15, 0.2) is 35.3 Å². The molecule has 0 radical (unpaired) electrons. The van der Waals surface area contributed by atoms with Crippen LogP contribution in [0.1, 0.15) is 32.1 Å². The van der Waals surface area contributed by atoms with Gasteiger partial charge in [-0.1, -0.05) is 6.07 Å². The van der Waals surface area contributed by atoms with Crippen molar-refractivity contribution in [1.82, 2.24) is 14.4 Å². The van der Waals surface area contributed by atoms with Gasteiger partial charge in [0, 0.05) is 61.1 Å². The van der Waals surface area contributed by atoms with Crippen molar-refractivity contribution < 1.29 is 19.0 Å². The smallest absolute Gasteiger partial charge is 0.410 e. The molecule has 0 unspecified atom stereocenters. The minimum atomic E-state index is -0.502. The van der Waals surface area contributed by atoms with E-state index < -0.39 is 5.60 Å². The highest BCUT2D eigenvalue weighted by atomic mass is 32.1. The van der Waals surface area contributed by atoms with Crippen LogP contribution in [0, 0.1) is 0 Å². The molecule has 1 saturated heterocycles. The molecule has 1 aromatic carbocycles. The van der Waals surface area contributed by atoms with Gasteiger partial charge in [-0.05, 0) is 51.0 Å². The number of thiophene rings is 1. The molecule has 4 rings (SSSR count). The lowest BCUT2D eigenvalue weighted by atomic mass is 10.1. The molecule has 36 heavy (non-hydrogen) atoms. The van der Waals surface area contributed by atoms with Gasteiger partial charge in [0.15, 0.2) is 11.5 Å². The first-order valence-corrected chi connectivity index (χ1v) is 13.0. The van der Waals surface area contributed by atoms with Gasteiger partial charge < -0.3 is 23.7 Å². The maximum Gasteiger partial charge on any atom is 0.410 e. The summed E-state index contributed by atoms with van der Waals surface area (Å²) >= 11 is 1.65. The van der Waals surface area contributed by atoms with Crippen molar-refractivity contribution in [3.63, 3.8) is 0 Å². The Hall–Kier alpha value is -3.04. The van der Waals surface area contributed by atoms with Crippen molar-refractivity contribution >= 4 is 27.5 Å². The van der Waals surface area contributed by atoms with Crippen molar-refractivity contribution in [2.45, 2.75) is 39.3 Å². The number of pyridine rings is 1. The van der Waals surface area contributed by atoms with E-state index >= 15 is 0 Å². The number of nitrogens with zero attached hydrogens (tertiary/aromatic N) is 3. The van der Waals surface area contributed by atoms with Crippen LogP contribution in [-0.4, -0.2) is 66.5 Å². The van der Waals surface area contributed by atoms with E-state index in [9.17, 15) is 9.59 Å². The average Bonchev–Trinajstić information content (AvgIpc) is 3.10. The fourth-order valence-corrected chi connectivity index (χ4v) is 5.67. The third-order valence-electron chi connectivity index (χ3n) is 6.22. The lowest BCUT2D eigenvalue weighted by molar-refractivity contribution is 0.0257. The molecule has 0 bridgehead atoms. The van der Waals surface area contributed by atoms with Crippen LogP contribution in [-0.2, 0) is 18.3 Å². The molecular formula is C27H35N3O5S. The summed E-state index contributed by atoms with van der Waals surface area (Å²) in [7, 11) is 5.01. The molecule has 0 spiro atoms. The van der Waals surface area contributed by atoms with Gasteiger partial charge in [0.2, 0.25) is 0 Å². The summed E-state index contributed by atoms with van der Waals surface area (Å²) in [5, 5.41) is 0.718. The monoisotopic (exact) mass is 513 g/mol. The third-order valence-corrected chi connectivity index (χ3v) is 7.37. The lowest BCUT2D eigenvalue weighted by Crippen LogP contribution is -2.39. The maximum atomic E-state index is 13.0. The van der Waals surface area contributed by atoms with Crippen molar-refractivity contribution in [1.29, 1.82) is 0 Å². The summed E-state index contributed by atoms with van der Waals surface area (Å²) in [4.78, 5) is 30.8. The molecule has 0 aliphatic carbocycles. The summed E-state index contributed by atoms with van der Waals surface area (Å²) in [5.74, 6) is 1.31. The number of rotatable bonds is 5. The normalized spacial score (nSPS) is 15.1. The van der Waals surface area contributed by atoms with E-state index in [-0.39, 0.29) is 11.7 Å². The largest absolute Gasteiger partial charge is 0.493 e. The van der Waals surface area contributed by atoms with E-state index in [1.165, 1.54) is 0 Å². The number of fused-ring (bicyclic) bond motifs is 1. The zero-order chi connectivity index (χ0) is 26.0. The van der Waals surface area contributed by atoms with E-state index in [0.29, 0.717) is 24.6 Å². The number of methoxy groups -OCH3 is 2. The van der Waals surface area contributed by atoms with Crippen LogP contribution in [0.3, 0.4) is 0 Å². The molecule has 3 heterocycles. The zero-order valence-corrected chi connectivity index (χ0v) is 22.7. The van der Waals surface area contributed by atoms with Gasteiger partial charge in [-0.3, -0.25) is 9.69 Å². The summed E-state index contributed by atoms with van der Waals surface area (Å²) < 4.78 is 19.0. The number of hydrogen-bond acceptors (Lipinski definition) is 7. The van der Waals surface area contributed by atoms with E-state index in [1.807, 2.05) is 51.2 Å². The molecule has 1 amide bonds. The molecule has 0 atom stereocenters. The molecule has 8 nitrogen and oxygen atoms in total. The molecule has 0 saturated carbocycles. The van der Waals surface area contributed by atoms with E-state index in [2.05, 4.69) is 4.90 Å². The van der Waals surface area contributed by atoms with Crippen LogP contribution in [0.25, 0.3) is 21.2 Å². The van der Waals surface area contributed by atoms with Crippen molar-refractivity contribution in [2.75, 3.05) is 40.4 Å². The number of ether oxygens (including phenoxy) is 3. The topological polar surface area (TPSA) is 73.2 Å². The second-order valence-corrected chi connectivity index (χ2v) is 11.2. The summed E-state index contributed by atoms with van der Waals surface area (Å²) in [5.41, 5.74) is 1.43. The predicted molar refractivity (Wildman–Crippen MR) is 143 cm³/mol. The van der Waals surface area contributed by atoms with E-state index in [1.54, 1.807) is 42.1 Å². The Kier molecular flexibility index (Phi) is 7.61. The highest BCUT2D eigenvalue weighted by Gasteiger charge is 2.25. The first-order valence-electron chi connectivity index (χ1n) is 12.1. The van der Waals surface area contributed by atoms with Crippen LogP contribution < -0.4 is 15.0 Å². The van der Waals surface area contributed by atoms with Gasteiger partial charge >= 0.3 is 6.09 Å². The SMILES string of the molecule is COc1ccc(-c2cn(C)c(=O)c3cc(CN4CCCN(C(=O)OC(C)(C)C)CC4)sc23)cc1OC. The van der Waals surface area contributed by atoms with Crippen LogP contribution in [0.4, 0.5) is 4.79 Å². The van der Waals surface area contributed by atoms with Crippen LogP contribution in [0.5, 0.6) is 11.5 Å². The Balaban J connectivity index is 1.58. The van der Waals surface area contributed by atoms with Gasteiger partial charge in [-0.15, -0.1) is 11.3 Å². The molecule has 0 N–H and O–H groups in total. The lowest BCUT2D eigenvalue weighted by Gasteiger charge is -2.26. The number of hydrogen-bond donors (Lipinski definition) is 0. The second kappa shape index (κ2) is 10.5. The van der Waals surface area contributed by atoms with Crippen molar-refractivity contribution in [2.24, 2.45) is 7.05 Å². The Morgan fingerprint density at radius 1 is 1.03 bits per heavy atom. The fourth-order valence-electron chi connectivity index (χ4n) is 4.45.